The summed E-state index contributed by atoms with van der Waals surface area (Å²) in [5, 5.41) is 3.31. The van der Waals surface area contributed by atoms with Gasteiger partial charge < -0.3 is 11.1 Å². The van der Waals surface area contributed by atoms with E-state index in [0.717, 1.165) is 24.0 Å². The van der Waals surface area contributed by atoms with Crippen molar-refractivity contribution in [1.82, 2.24) is 9.88 Å². The number of aromatic nitrogens is 1. The molecule has 1 aliphatic carbocycles. The third kappa shape index (κ3) is 3.04. The lowest BCUT2D eigenvalue weighted by atomic mass is 9.87. The third-order valence-electron chi connectivity index (χ3n) is 5.13. The number of guanidine groups is 1. The first-order valence-corrected chi connectivity index (χ1v) is 8.94. The lowest BCUT2D eigenvalue weighted by molar-refractivity contribution is -0.128. The number of hydrogen-bond acceptors (Lipinski definition) is 5. The van der Waals surface area contributed by atoms with Crippen molar-refractivity contribution in [2.24, 2.45) is 10.7 Å². The number of amides is 2. The molecule has 1 aromatic carbocycles. The van der Waals surface area contributed by atoms with Gasteiger partial charge >= 0.3 is 0 Å². The zero-order chi connectivity index (χ0) is 19.2. The zero-order valence-electron chi connectivity index (χ0n) is 14.7. The molecule has 1 aromatic heterocycles. The number of anilines is 1. The average molecular weight is 384 g/mol. The Labute approximate surface area is 161 Å². The Balaban J connectivity index is 1.65. The van der Waals surface area contributed by atoms with Crippen molar-refractivity contribution < 1.29 is 9.59 Å². The lowest BCUT2D eigenvalue weighted by Crippen LogP contribution is -2.47. The molecule has 138 valence electrons. The van der Waals surface area contributed by atoms with Crippen molar-refractivity contribution in [2.75, 3.05) is 12.4 Å². The average Bonchev–Trinajstić information content (AvgIpc) is 2.98. The molecule has 27 heavy (non-hydrogen) atoms. The number of fused-ring (bicyclic) bond motifs is 2. The highest BCUT2D eigenvalue weighted by Gasteiger charge is 2.44. The van der Waals surface area contributed by atoms with E-state index in [1.807, 2.05) is 18.2 Å². The summed E-state index contributed by atoms with van der Waals surface area (Å²) >= 11 is 5.81. The minimum absolute atomic E-state index is 0.0600. The van der Waals surface area contributed by atoms with Crippen LogP contribution in [0.4, 0.5) is 5.69 Å². The van der Waals surface area contributed by atoms with E-state index in [1.165, 1.54) is 11.1 Å². The van der Waals surface area contributed by atoms with Crippen molar-refractivity contribution in [3.05, 3.63) is 58.4 Å². The van der Waals surface area contributed by atoms with Gasteiger partial charge in [0.05, 0.1) is 17.0 Å². The minimum atomic E-state index is -0.651. The summed E-state index contributed by atoms with van der Waals surface area (Å²) in [4.78, 5) is 34.8. The quantitative estimate of drug-likeness (QED) is 0.830. The first kappa shape index (κ1) is 17.5. The SMILES string of the molecule is CN1C(=O)CC2(CCc3ccc(NC(=O)c4ccc(Cl)cn4)cc32)N=C1N. The van der Waals surface area contributed by atoms with Crippen LogP contribution in [0.5, 0.6) is 0 Å². The van der Waals surface area contributed by atoms with Crippen molar-refractivity contribution in [3.8, 4) is 0 Å². The molecule has 1 atom stereocenters. The summed E-state index contributed by atoms with van der Waals surface area (Å²) in [6.45, 7) is 0. The lowest BCUT2D eigenvalue weighted by Gasteiger charge is -2.34. The first-order chi connectivity index (χ1) is 12.9. The molecule has 3 N–H and O–H groups in total. The van der Waals surface area contributed by atoms with E-state index in [-0.39, 0.29) is 29.9 Å². The van der Waals surface area contributed by atoms with Gasteiger partial charge in [0.25, 0.3) is 5.91 Å². The zero-order valence-corrected chi connectivity index (χ0v) is 15.5. The third-order valence-corrected chi connectivity index (χ3v) is 5.35. The second kappa shape index (κ2) is 6.35. The fourth-order valence-corrected chi connectivity index (χ4v) is 3.73. The molecule has 1 unspecified atom stereocenters. The molecule has 2 amide bonds. The van der Waals surface area contributed by atoms with Gasteiger partial charge in [-0.05, 0) is 48.2 Å². The van der Waals surface area contributed by atoms with Gasteiger partial charge in [-0.1, -0.05) is 17.7 Å². The highest BCUT2D eigenvalue weighted by atomic mass is 35.5. The summed E-state index contributed by atoms with van der Waals surface area (Å²) < 4.78 is 0. The molecule has 0 saturated heterocycles. The summed E-state index contributed by atoms with van der Waals surface area (Å²) in [5.41, 5.74) is 8.25. The number of aliphatic imine (C=N–C) groups is 1. The number of benzene rings is 1. The highest BCUT2D eigenvalue weighted by Crippen LogP contribution is 2.45. The molecule has 2 aromatic rings. The van der Waals surface area contributed by atoms with E-state index >= 15 is 0 Å². The van der Waals surface area contributed by atoms with Crippen LogP contribution < -0.4 is 11.1 Å². The van der Waals surface area contributed by atoms with E-state index in [9.17, 15) is 9.59 Å². The maximum atomic E-state index is 12.4. The molecule has 1 aliphatic heterocycles. The Morgan fingerprint density at radius 2 is 2.15 bits per heavy atom. The second-order valence-corrected chi connectivity index (χ2v) is 7.26. The van der Waals surface area contributed by atoms with Crippen molar-refractivity contribution in [2.45, 2.75) is 24.8 Å². The number of carbonyl (C=O) groups is 2. The molecule has 0 fully saturated rings. The van der Waals surface area contributed by atoms with Crippen LogP contribution in [0.2, 0.25) is 5.02 Å². The van der Waals surface area contributed by atoms with Crippen LogP contribution in [0.1, 0.15) is 34.5 Å². The van der Waals surface area contributed by atoms with Gasteiger partial charge in [0, 0.05) is 18.9 Å². The molecule has 0 saturated carbocycles. The molecular weight excluding hydrogens is 366 g/mol. The van der Waals surface area contributed by atoms with E-state index < -0.39 is 5.54 Å². The van der Waals surface area contributed by atoms with Gasteiger partial charge in [0.1, 0.15) is 5.69 Å². The van der Waals surface area contributed by atoms with Crippen LogP contribution in [0.25, 0.3) is 0 Å². The van der Waals surface area contributed by atoms with Gasteiger partial charge in [-0.25, -0.2) is 9.98 Å². The first-order valence-electron chi connectivity index (χ1n) is 8.56. The number of nitrogens with one attached hydrogen (secondary N) is 1. The monoisotopic (exact) mass is 383 g/mol. The Hall–Kier alpha value is -2.93. The Morgan fingerprint density at radius 3 is 2.85 bits per heavy atom. The number of hydrogen-bond donors (Lipinski definition) is 2. The van der Waals surface area contributed by atoms with Crippen LogP contribution in [-0.2, 0) is 16.8 Å². The van der Waals surface area contributed by atoms with Crippen LogP contribution in [0.3, 0.4) is 0 Å². The smallest absolute Gasteiger partial charge is 0.274 e. The van der Waals surface area contributed by atoms with Crippen LogP contribution >= 0.6 is 11.6 Å². The van der Waals surface area contributed by atoms with Crippen LogP contribution in [0, 0.1) is 0 Å². The highest BCUT2D eigenvalue weighted by molar-refractivity contribution is 6.30. The summed E-state index contributed by atoms with van der Waals surface area (Å²) in [6, 6.07) is 8.86. The summed E-state index contributed by atoms with van der Waals surface area (Å²) in [7, 11) is 1.62. The predicted molar refractivity (Wildman–Crippen MR) is 103 cm³/mol. The van der Waals surface area contributed by atoms with E-state index in [2.05, 4.69) is 15.3 Å². The molecule has 7 nitrogen and oxygen atoms in total. The number of aryl methyl sites for hydroxylation is 1. The number of nitrogens with zero attached hydrogens (tertiary/aromatic N) is 3. The molecule has 0 radical (unpaired) electrons. The fourth-order valence-electron chi connectivity index (χ4n) is 3.62. The van der Waals surface area contributed by atoms with Gasteiger partial charge in [0.2, 0.25) is 5.91 Å². The summed E-state index contributed by atoms with van der Waals surface area (Å²) in [5.74, 6) is -0.171. The Morgan fingerprint density at radius 1 is 1.33 bits per heavy atom. The predicted octanol–water partition coefficient (Wildman–Crippen LogP) is 2.31. The van der Waals surface area contributed by atoms with Crippen molar-refractivity contribution in [3.63, 3.8) is 0 Å². The largest absolute Gasteiger partial charge is 0.369 e. The molecule has 4 rings (SSSR count). The van der Waals surface area contributed by atoms with Gasteiger partial charge in [-0.2, -0.15) is 0 Å². The molecular formula is C19H18ClN5O2. The molecule has 2 aliphatic rings. The number of pyridine rings is 1. The molecule has 2 heterocycles. The van der Waals surface area contributed by atoms with Gasteiger partial charge in [0.15, 0.2) is 5.96 Å². The van der Waals surface area contributed by atoms with E-state index in [0.29, 0.717) is 10.7 Å². The number of carbonyl (C=O) groups excluding carboxylic acids is 2. The maximum Gasteiger partial charge on any atom is 0.274 e. The Kier molecular flexibility index (Phi) is 4.11. The molecule has 8 heteroatoms. The molecule has 1 spiro atoms. The van der Waals surface area contributed by atoms with E-state index in [4.69, 9.17) is 17.3 Å². The summed E-state index contributed by atoms with van der Waals surface area (Å²) in [6.07, 6.45) is 3.23. The van der Waals surface area contributed by atoms with Crippen molar-refractivity contribution >= 4 is 35.1 Å². The molecule has 0 bridgehead atoms. The minimum Gasteiger partial charge on any atom is -0.369 e. The topological polar surface area (TPSA) is 101 Å². The second-order valence-electron chi connectivity index (χ2n) is 6.82. The van der Waals surface area contributed by atoms with E-state index in [1.54, 1.807) is 19.2 Å². The van der Waals surface area contributed by atoms with Gasteiger partial charge in [-0.3, -0.25) is 14.5 Å². The Bertz CT molecular complexity index is 973. The maximum absolute atomic E-state index is 12.4. The van der Waals surface area contributed by atoms with Crippen LogP contribution in [0.15, 0.2) is 41.5 Å². The van der Waals surface area contributed by atoms with Gasteiger partial charge in [-0.15, -0.1) is 0 Å². The fraction of sp³-hybridized carbons (Fsp3) is 0.263. The number of halogens is 1. The number of nitrogens with two attached hydrogens (primary N) is 1. The standard InChI is InChI=1S/C19H18ClN5O2/c1-25-16(26)9-19(24-18(25)21)7-6-11-2-4-13(8-14(11)19)23-17(27)15-5-3-12(20)10-22-15/h2-5,8,10H,6-7,9H2,1H3,(H2,21,24)(H,23,27). The normalized spacial score (nSPS) is 21.2. The van der Waals surface area contributed by atoms with Crippen molar-refractivity contribution in [1.29, 1.82) is 0 Å². The number of rotatable bonds is 2. The van der Waals surface area contributed by atoms with Crippen LogP contribution in [-0.4, -0.2) is 34.7 Å².